The third-order valence-electron chi connectivity index (χ3n) is 3.88. The number of amides is 1. The molecule has 25 heavy (non-hydrogen) atoms. The molecule has 0 saturated heterocycles. The number of benzene rings is 1. The number of carbonyl (C=O) groups is 2. The first-order valence-electron chi connectivity index (χ1n) is 7.75. The van der Waals surface area contributed by atoms with Crippen LogP contribution in [0.15, 0.2) is 23.4 Å². The molecule has 1 aromatic carbocycles. The molecule has 132 valence electrons. The van der Waals surface area contributed by atoms with Crippen LogP contribution in [0.25, 0.3) is 0 Å². The van der Waals surface area contributed by atoms with Gasteiger partial charge in [-0.3, -0.25) is 4.79 Å². The van der Waals surface area contributed by atoms with Gasteiger partial charge in [-0.25, -0.2) is 14.8 Å². The zero-order valence-electron chi connectivity index (χ0n) is 15.0. The van der Waals surface area contributed by atoms with Gasteiger partial charge >= 0.3 is 5.97 Å². The quantitative estimate of drug-likeness (QED) is 0.501. The Morgan fingerprint density at radius 1 is 1.12 bits per heavy atom. The summed E-state index contributed by atoms with van der Waals surface area (Å²) < 4.78 is 4.70. The molecule has 0 aliphatic carbocycles. The second-order valence-electron chi connectivity index (χ2n) is 5.66. The number of esters is 1. The molecular weight excluding hydrogens is 338 g/mol. The Kier molecular flexibility index (Phi) is 6.14. The molecule has 0 unspecified atom stereocenters. The number of aromatic nitrogens is 2. The highest BCUT2D eigenvalue weighted by molar-refractivity contribution is 7.99. The number of methoxy groups -OCH3 is 1. The summed E-state index contributed by atoms with van der Waals surface area (Å²) in [6, 6.07) is 5.04. The van der Waals surface area contributed by atoms with Crippen LogP contribution >= 0.6 is 11.8 Å². The standard InChI is InChI=1S/C18H21N3O3S/c1-10-6-7-14(17(23)24-5)8-15(10)21-16(22)9-25-18-19-12(3)11(2)13(4)20-18/h6-8H,9H2,1-5H3,(H,21,22). The van der Waals surface area contributed by atoms with E-state index in [0.717, 1.165) is 22.5 Å². The largest absolute Gasteiger partial charge is 0.465 e. The smallest absolute Gasteiger partial charge is 0.337 e. The van der Waals surface area contributed by atoms with Crippen molar-refractivity contribution in [3.05, 3.63) is 46.3 Å². The molecule has 1 amide bonds. The molecule has 0 radical (unpaired) electrons. The Hall–Kier alpha value is -2.41. The van der Waals surface area contributed by atoms with Crippen LogP contribution in [-0.4, -0.2) is 34.7 Å². The van der Waals surface area contributed by atoms with Gasteiger partial charge in [0.1, 0.15) is 0 Å². The highest BCUT2D eigenvalue weighted by Crippen LogP contribution is 2.20. The van der Waals surface area contributed by atoms with E-state index in [1.165, 1.54) is 18.9 Å². The van der Waals surface area contributed by atoms with Crippen molar-refractivity contribution in [1.29, 1.82) is 0 Å². The number of thioether (sulfide) groups is 1. The first kappa shape index (κ1) is 18.9. The molecule has 0 aliphatic heterocycles. The van der Waals surface area contributed by atoms with Crippen molar-refractivity contribution in [2.75, 3.05) is 18.2 Å². The number of ether oxygens (including phenoxy) is 1. The summed E-state index contributed by atoms with van der Waals surface area (Å²) in [6.45, 7) is 7.69. The Morgan fingerprint density at radius 2 is 1.76 bits per heavy atom. The maximum absolute atomic E-state index is 12.2. The molecule has 0 atom stereocenters. The molecule has 0 saturated carbocycles. The zero-order valence-corrected chi connectivity index (χ0v) is 15.8. The SMILES string of the molecule is COC(=O)c1ccc(C)c(NC(=O)CSc2nc(C)c(C)c(C)n2)c1. The maximum Gasteiger partial charge on any atom is 0.337 e. The lowest BCUT2D eigenvalue weighted by Crippen LogP contribution is -2.16. The van der Waals surface area contributed by atoms with Gasteiger partial charge in [0.15, 0.2) is 5.16 Å². The normalized spacial score (nSPS) is 10.4. The Balaban J connectivity index is 2.04. The highest BCUT2D eigenvalue weighted by Gasteiger charge is 2.12. The van der Waals surface area contributed by atoms with E-state index < -0.39 is 5.97 Å². The molecule has 1 heterocycles. The van der Waals surface area contributed by atoms with E-state index >= 15 is 0 Å². The van der Waals surface area contributed by atoms with Crippen molar-refractivity contribution >= 4 is 29.3 Å². The van der Waals surface area contributed by atoms with Crippen LogP contribution in [0, 0.1) is 27.7 Å². The average molecular weight is 359 g/mol. The second-order valence-corrected chi connectivity index (χ2v) is 6.60. The molecule has 1 N–H and O–H groups in total. The first-order valence-corrected chi connectivity index (χ1v) is 8.74. The minimum atomic E-state index is -0.441. The van der Waals surface area contributed by atoms with E-state index in [0.29, 0.717) is 16.4 Å². The fraction of sp³-hybridized carbons (Fsp3) is 0.333. The van der Waals surface area contributed by atoms with Crippen LogP contribution < -0.4 is 5.32 Å². The molecule has 0 bridgehead atoms. The van der Waals surface area contributed by atoms with Crippen molar-refractivity contribution in [3.8, 4) is 0 Å². The van der Waals surface area contributed by atoms with Gasteiger partial charge in [0, 0.05) is 17.1 Å². The predicted octanol–water partition coefficient (Wildman–Crippen LogP) is 3.23. The number of nitrogens with zero attached hydrogens (tertiary/aromatic N) is 2. The summed E-state index contributed by atoms with van der Waals surface area (Å²) in [5, 5.41) is 3.40. The fourth-order valence-corrected chi connectivity index (χ4v) is 2.86. The summed E-state index contributed by atoms with van der Waals surface area (Å²) in [4.78, 5) is 32.6. The Bertz CT molecular complexity index is 798. The minimum Gasteiger partial charge on any atom is -0.465 e. The summed E-state index contributed by atoms with van der Waals surface area (Å²) >= 11 is 1.28. The number of carbonyl (C=O) groups excluding carboxylic acids is 2. The summed E-state index contributed by atoms with van der Waals surface area (Å²) in [5.74, 6) is -0.442. The number of rotatable bonds is 5. The number of anilines is 1. The van der Waals surface area contributed by atoms with Gasteiger partial charge in [0.05, 0.1) is 18.4 Å². The van der Waals surface area contributed by atoms with Crippen molar-refractivity contribution in [2.24, 2.45) is 0 Å². The Morgan fingerprint density at radius 3 is 2.36 bits per heavy atom. The average Bonchev–Trinajstić information content (AvgIpc) is 2.58. The number of aryl methyl sites for hydroxylation is 3. The number of hydrogen-bond acceptors (Lipinski definition) is 6. The lowest BCUT2D eigenvalue weighted by Gasteiger charge is -2.10. The zero-order chi connectivity index (χ0) is 18.6. The van der Waals surface area contributed by atoms with Gasteiger partial charge in [-0.2, -0.15) is 0 Å². The fourth-order valence-electron chi connectivity index (χ4n) is 2.12. The van der Waals surface area contributed by atoms with Crippen molar-refractivity contribution in [3.63, 3.8) is 0 Å². The van der Waals surface area contributed by atoms with E-state index in [1.54, 1.807) is 18.2 Å². The van der Waals surface area contributed by atoms with Crippen LogP contribution in [0.4, 0.5) is 5.69 Å². The molecule has 0 fully saturated rings. The van der Waals surface area contributed by atoms with Gasteiger partial charge in [0.25, 0.3) is 0 Å². The van der Waals surface area contributed by atoms with Crippen LogP contribution in [0.3, 0.4) is 0 Å². The monoisotopic (exact) mass is 359 g/mol. The second kappa shape index (κ2) is 8.11. The molecule has 0 aliphatic rings. The van der Waals surface area contributed by atoms with Gasteiger partial charge in [-0.15, -0.1) is 0 Å². The molecule has 2 aromatic rings. The highest BCUT2D eigenvalue weighted by atomic mass is 32.2. The maximum atomic E-state index is 12.2. The first-order chi connectivity index (χ1) is 11.8. The van der Waals surface area contributed by atoms with E-state index in [4.69, 9.17) is 4.74 Å². The van der Waals surface area contributed by atoms with Gasteiger partial charge in [-0.05, 0) is 51.0 Å². The van der Waals surface area contributed by atoms with Gasteiger partial charge in [0.2, 0.25) is 5.91 Å². The predicted molar refractivity (Wildman–Crippen MR) is 98.1 cm³/mol. The number of nitrogens with one attached hydrogen (secondary N) is 1. The summed E-state index contributed by atoms with van der Waals surface area (Å²) in [5.41, 5.74) is 4.73. The van der Waals surface area contributed by atoms with E-state index in [2.05, 4.69) is 15.3 Å². The van der Waals surface area contributed by atoms with Crippen molar-refractivity contribution in [2.45, 2.75) is 32.9 Å². The van der Waals surface area contributed by atoms with Gasteiger partial charge in [-0.1, -0.05) is 17.8 Å². The van der Waals surface area contributed by atoms with Gasteiger partial charge < -0.3 is 10.1 Å². The molecular formula is C18H21N3O3S. The van der Waals surface area contributed by atoms with Crippen molar-refractivity contribution < 1.29 is 14.3 Å². The van der Waals surface area contributed by atoms with E-state index in [9.17, 15) is 9.59 Å². The van der Waals surface area contributed by atoms with E-state index in [1.807, 2.05) is 27.7 Å². The minimum absolute atomic E-state index is 0.184. The topological polar surface area (TPSA) is 81.2 Å². The summed E-state index contributed by atoms with van der Waals surface area (Å²) in [7, 11) is 1.32. The summed E-state index contributed by atoms with van der Waals surface area (Å²) in [6.07, 6.45) is 0. The van der Waals surface area contributed by atoms with Crippen molar-refractivity contribution in [1.82, 2.24) is 9.97 Å². The third kappa shape index (κ3) is 4.79. The van der Waals surface area contributed by atoms with Crippen LogP contribution in [0.1, 0.15) is 32.9 Å². The van der Waals surface area contributed by atoms with E-state index in [-0.39, 0.29) is 11.7 Å². The molecule has 1 aromatic heterocycles. The van der Waals surface area contributed by atoms with Crippen LogP contribution in [0.5, 0.6) is 0 Å². The lowest BCUT2D eigenvalue weighted by molar-refractivity contribution is -0.113. The van der Waals surface area contributed by atoms with Crippen LogP contribution in [-0.2, 0) is 9.53 Å². The Labute approximate surface area is 151 Å². The van der Waals surface area contributed by atoms with Crippen LogP contribution in [0.2, 0.25) is 0 Å². The molecule has 6 nitrogen and oxygen atoms in total. The lowest BCUT2D eigenvalue weighted by atomic mass is 10.1. The number of hydrogen-bond donors (Lipinski definition) is 1. The molecule has 0 spiro atoms. The molecule has 7 heteroatoms. The molecule has 2 rings (SSSR count). The third-order valence-corrected chi connectivity index (χ3v) is 4.72.